The van der Waals surface area contributed by atoms with Gasteiger partial charge in [-0.3, -0.25) is 0 Å². The minimum atomic E-state index is 0.0722. The summed E-state index contributed by atoms with van der Waals surface area (Å²) in [5.74, 6) is 0.977. The topological polar surface area (TPSA) is 46.2 Å². The first-order valence-corrected chi connectivity index (χ1v) is 5.47. The molecule has 0 aliphatic carbocycles. The molecule has 1 rings (SSSR count). The van der Waals surface area contributed by atoms with Crippen LogP contribution in [0.2, 0.25) is 0 Å². The van der Waals surface area contributed by atoms with Crippen molar-refractivity contribution >= 4 is 0 Å². The summed E-state index contributed by atoms with van der Waals surface area (Å²) in [6.45, 7) is 8.15. The van der Waals surface area contributed by atoms with E-state index in [1.54, 1.807) is 0 Å². The molecule has 0 aliphatic rings. The fraction of sp³-hybridized carbons (Fsp3) is 0.538. The van der Waals surface area contributed by atoms with Crippen molar-refractivity contribution in [3.8, 4) is 5.75 Å². The zero-order valence-corrected chi connectivity index (χ0v) is 10.0. The molecule has 2 nitrogen and oxygen atoms in total. The molecule has 0 bridgehead atoms. The van der Waals surface area contributed by atoms with Crippen LogP contribution in [0, 0.1) is 19.8 Å². The first-order valence-electron chi connectivity index (χ1n) is 5.47. The van der Waals surface area contributed by atoms with Crippen LogP contribution in [-0.2, 0) is 0 Å². The van der Waals surface area contributed by atoms with Crippen molar-refractivity contribution < 1.29 is 5.11 Å². The molecule has 2 heteroatoms. The predicted molar refractivity (Wildman–Crippen MR) is 64.0 cm³/mol. The van der Waals surface area contributed by atoms with Gasteiger partial charge in [-0.2, -0.15) is 0 Å². The molecular formula is C13H21NO. The van der Waals surface area contributed by atoms with Gasteiger partial charge in [-0.15, -0.1) is 0 Å². The summed E-state index contributed by atoms with van der Waals surface area (Å²) in [6, 6.07) is 4.04. The molecule has 0 saturated heterocycles. The Balaban J connectivity index is 2.95. The van der Waals surface area contributed by atoms with E-state index >= 15 is 0 Å². The molecule has 0 aromatic heterocycles. The minimum Gasteiger partial charge on any atom is -0.507 e. The molecule has 0 amide bonds. The second-order valence-corrected chi connectivity index (χ2v) is 4.74. The molecule has 15 heavy (non-hydrogen) atoms. The zero-order chi connectivity index (χ0) is 11.6. The van der Waals surface area contributed by atoms with Crippen LogP contribution in [0.3, 0.4) is 0 Å². The molecule has 0 heterocycles. The first kappa shape index (κ1) is 12.1. The van der Waals surface area contributed by atoms with Crippen molar-refractivity contribution in [1.29, 1.82) is 0 Å². The number of aryl methyl sites for hydroxylation is 2. The number of hydrogen-bond acceptors (Lipinski definition) is 2. The van der Waals surface area contributed by atoms with Crippen LogP contribution in [0.15, 0.2) is 12.1 Å². The van der Waals surface area contributed by atoms with Crippen molar-refractivity contribution in [2.45, 2.75) is 40.2 Å². The van der Waals surface area contributed by atoms with E-state index in [2.05, 4.69) is 13.8 Å². The second-order valence-electron chi connectivity index (χ2n) is 4.74. The Bertz CT molecular complexity index is 321. The van der Waals surface area contributed by atoms with Gasteiger partial charge in [-0.1, -0.05) is 26.0 Å². The Morgan fingerprint density at radius 2 is 1.67 bits per heavy atom. The summed E-state index contributed by atoms with van der Waals surface area (Å²) in [6.07, 6.45) is 0.976. The lowest BCUT2D eigenvalue weighted by atomic mass is 9.95. The summed E-state index contributed by atoms with van der Waals surface area (Å²) in [4.78, 5) is 0. The SMILES string of the molecule is Cc1cc(C(N)CC(C)C)cc(C)c1O. The van der Waals surface area contributed by atoms with Gasteiger partial charge in [0, 0.05) is 6.04 Å². The molecule has 3 N–H and O–H groups in total. The molecule has 0 saturated carbocycles. The normalized spacial score (nSPS) is 13.2. The smallest absolute Gasteiger partial charge is 0.121 e. The van der Waals surface area contributed by atoms with Crippen LogP contribution in [0.1, 0.15) is 43.0 Å². The molecular weight excluding hydrogens is 186 g/mol. The number of benzene rings is 1. The number of rotatable bonds is 3. The van der Waals surface area contributed by atoms with Gasteiger partial charge in [0.15, 0.2) is 0 Å². The van der Waals surface area contributed by atoms with Gasteiger partial charge in [-0.05, 0) is 42.9 Å². The third-order valence-electron chi connectivity index (χ3n) is 2.67. The van der Waals surface area contributed by atoms with Gasteiger partial charge in [0.1, 0.15) is 5.75 Å². The molecule has 1 aromatic carbocycles. The molecule has 0 radical (unpaired) electrons. The summed E-state index contributed by atoms with van der Waals surface area (Å²) in [5, 5.41) is 9.65. The van der Waals surface area contributed by atoms with Gasteiger partial charge >= 0.3 is 0 Å². The summed E-state index contributed by atoms with van der Waals surface area (Å²) in [7, 11) is 0. The zero-order valence-electron chi connectivity index (χ0n) is 10.0. The fourth-order valence-corrected chi connectivity index (χ4v) is 1.85. The van der Waals surface area contributed by atoms with E-state index in [0.717, 1.165) is 23.1 Å². The number of nitrogens with two attached hydrogens (primary N) is 1. The van der Waals surface area contributed by atoms with Crippen LogP contribution in [0.5, 0.6) is 5.75 Å². The van der Waals surface area contributed by atoms with Crippen LogP contribution in [0.4, 0.5) is 0 Å². The number of phenolic OH excluding ortho intramolecular Hbond substituents is 1. The summed E-state index contributed by atoms with van der Waals surface area (Å²) < 4.78 is 0. The lowest BCUT2D eigenvalue weighted by molar-refractivity contribution is 0.465. The largest absolute Gasteiger partial charge is 0.507 e. The molecule has 84 valence electrons. The van der Waals surface area contributed by atoms with E-state index in [-0.39, 0.29) is 6.04 Å². The van der Waals surface area contributed by atoms with Gasteiger partial charge in [0.05, 0.1) is 0 Å². The third-order valence-corrected chi connectivity index (χ3v) is 2.67. The van der Waals surface area contributed by atoms with Gasteiger partial charge < -0.3 is 10.8 Å². The molecule has 1 aromatic rings. The molecule has 0 aliphatic heterocycles. The van der Waals surface area contributed by atoms with Gasteiger partial charge in [0.25, 0.3) is 0 Å². The van der Waals surface area contributed by atoms with E-state index in [1.807, 2.05) is 26.0 Å². The quantitative estimate of drug-likeness (QED) is 0.800. The Morgan fingerprint density at radius 1 is 1.20 bits per heavy atom. The lowest BCUT2D eigenvalue weighted by Gasteiger charge is -2.16. The average molecular weight is 207 g/mol. The average Bonchev–Trinajstić information content (AvgIpc) is 2.12. The third kappa shape index (κ3) is 2.96. The standard InChI is InChI=1S/C13H21NO/c1-8(2)5-12(14)11-6-9(3)13(15)10(4)7-11/h6-8,12,15H,5,14H2,1-4H3. The number of phenols is 1. The molecule has 1 unspecified atom stereocenters. The summed E-state index contributed by atoms with van der Waals surface area (Å²) in [5.41, 5.74) is 9.04. The minimum absolute atomic E-state index is 0.0722. The van der Waals surface area contributed by atoms with Crippen molar-refractivity contribution in [3.05, 3.63) is 28.8 Å². The van der Waals surface area contributed by atoms with Gasteiger partial charge in [0.2, 0.25) is 0 Å². The van der Waals surface area contributed by atoms with Crippen LogP contribution < -0.4 is 5.73 Å². The summed E-state index contributed by atoms with van der Waals surface area (Å²) >= 11 is 0. The van der Waals surface area contributed by atoms with Crippen molar-refractivity contribution in [2.24, 2.45) is 11.7 Å². The highest BCUT2D eigenvalue weighted by Crippen LogP contribution is 2.27. The first-order chi connectivity index (χ1) is 6.91. The lowest BCUT2D eigenvalue weighted by Crippen LogP contribution is -2.13. The monoisotopic (exact) mass is 207 g/mol. The van der Waals surface area contributed by atoms with E-state index in [4.69, 9.17) is 5.73 Å². The van der Waals surface area contributed by atoms with E-state index < -0.39 is 0 Å². The van der Waals surface area contributed by atoms with Crippen LogP contribution >= 0.6 is 0 Å². The van der Waals surface area contributed by atoms with E-state index in [1.165, 1.54) is 0 Å². The highest BCUT2D eigenvalue weighted by atomic mass is 16.3. The van der Waals surface area contributed by atoms with E-state index in [0.29, 0.717) is 11.7 Å². The maximum atomic E-state index is 9.65. The second kappa shape index (κ2) is 4.67. The van der Waals surface area contributed by atoms with Crippen LogP contribution in [-0.4, -0.2) is 5.11 Å². The fourth-order valence-electron chi connectivity index (χ4n) is 1.85. The maximum absolute atomic E-state index is 9.65. The number of aromatic hydroxyl groups is 1. The Hall–Kier alpha value is -1.02. The molecule has 0 spiro atoms. The van der Waals surface area contributed by atoms with Crippen molar-refractivity contribution in [3.63, 3.8) is 0 Å². The molecule has 1 atom stereocenters. The number of hydrogen-bond donors (Lipinski definition) is 2. The maximum Gasteiger partial charge on any atom is 0.121 e. The van der Waals surface area contributed by atoms with Crippen molar-refractivity contribution in [2.75, 3.05) is 0 Å². The predicted octanol–water partition coefficient (Wildman–Crippen LogP) is 3.05. The Kier molecular flexibility index (Phi) is 3.75. The van der Waals surface area contributed by atoms with Gasteiger partial charge in [-0.25, -0.2) is 0 Å². The van der Waals surface area contributed by atoms with E-state index in [9.17, 15) is 5.11 Å². The highest BCUT2D eigenvalue weighted by molar-refractivity contribution is 5.43. The van der Waals surface area contributed by atoms with Crippen LogP contribution in [0.25, 0.3) is 0 Å². The highest BCUT2D eigenvalue weighted by Gasteiger charge is 2.11. The van der Waals surface area contributed by atoms with Crippen molar-refractivity contribution in [1.82, 2.24) is 0 Å². The molecule has 0 fully saturated rings. The Morgan fingerprint density at radius 3 is 2.07 bits per heavy atom. The Labute approximate surface area is 92.1 Å².